The minimum atomic E-state index is -3.18. The Kier molecular flexibility index (Phi) is 7.87. The molecule has 152 valence electrons. The Labute approximate surface area is 168 Å². The fraction of sp³-hybridized carbons (Fsp3) is 0.381. The molecule has 0 bridgehead atoms. The molecule has 0 amide bonds. The van der Waals surface area contributed by atoms with E-state index in [1.54, 1.807) is 24.3 Å². The fourth-order valence-electron chi connectivity index (χ4n) is 2.54. The van der Waals surface area contributed by atoms with Gasteiger partial charge in [-0.25, -0.2) is 13.4 Å². The first-order valence-corrected chi connectivity index (χ1v) is 11.2. The maximum atomic E-state index is 11.5. The van der Waals surface area contributed by atoms with Gasteiger partial charge in [0.2, 0.25) is 0 Å². The number of nitrogens with one attached hydrogen (secondary N) is 2. The summed E-state index contributed by atoms with van der Waals surface area (Å²) in [5.41, 5.74) is 2.04. The van der Waals surface area contributed by atoms with E-state index < -0.39 is 9.84 Å². The Morgan fingerprint density at radius 2 is 1.79 bits per heavy atom. The van der Waals surface area contributed by atoms with Crippen LogP contribution in [0.3, 0.4) is 0 Å². The fourth-order valence-corrected chi connectivity index (χ4v) is 3.17. The lowest BCUT2D eigenvalue weighted by Gasteiger charge is -2.18. The Morgan fingerprint density at radius 1 is 1.11 bits per heavy atom. The largest absolute Gasteiger partial charge is 0.489 e. The Hall–Kier alpha value is -2.54. The molecule has 7 heteroatoms. The zero-order valence-corrected chi connectivity index (χ0v) is 17.7. The average Bonchev–Trinajstić information content (AvgIpc) is 2.65. The lowest BCUT2D eigenvalue weighted by molar-refractivity contribution is 0.222. The van der Waals surface area contributed by atoms with Crippen molar-refractivity contribution in [1.29, 1.82) is 0 Å². The molecule has 2 N–H and O–H groups in total. The van der Waals surface area contributed by atoms with Gasteiger partial charge in [0.05, 0.1) is 18.0 Å². The molecule has 2 rings (SSSR count). The Balaban J connectivity index is 1.93. The smallest absolute Gasteiger partial charge is 0.191 e. The van der Waals surface area contributed by atoms with Crippen molar-refractivity contribution in [1.82, 2.24) is 10.6 Å². The van der Waals surface area contributed by atoms with E-state index in [1.165, 1.54) is 6.26 Å². The number of hydrogen-bond donors (Lipinski definition) is 2. The van der Waals surface area contributed by atoms with E-state index in [-0.39, 0.29) is 6.10 Å². The van der Waals surface area contributed by atoms with E-state index in [1.807, 2.05) is 45.0 Å². The van der Waals surface area contributed by atoms with Crippen LogP contribution < -0.4 is 15.4 Å². The van der Waals surface area contributed by atoms with Crippen molar-refractivity contribution in [3.05, 3.63) is 59.7 Å². The maximum absolute atomic E-state index is 11.5. The molecular formula is C21H29N3O3S. The van der Waals surface area contributed by atoms with Gasteiger partial charge < -0.3 is 15.4 Å². The molecule has 1 atom stereocenters. The number of rotatable bonds is 8. The molecule has 0 heterocycles. The van der Waals surface area contributed by atoms with E-state index in [2.05, 4.69) is 15.6 Å². The summed E-state index contributed by atoms with van der Waals surface area (Å²) in [7, 11) is -3.18. The summed E-state index contributed by atoms with van der Waals surface area (Å²) in [4.78, 5) is 4.87. The van der Waals surface area contributed by atoms with Gasteiger partial charge in [0.15, 0.2) is 15.8 Å². The summed E-state index contributed by atoms with van der Waals surface area (Å²) in [5.74, 6) is 1.57. The molecule has 28 heavy (non-hydrogen) atoms. The number of guanidine groups is 1. The second-order valence-electron chi connectivity index (χ2n) is 6.69. The molecule has 0 saturated carbocycles. The molecule has 0 aliphatic rings. The minimum absolute atomic E-state index is 0.0287. The first-order chi connectivity index (χ1) is 13.3. The number of benzene rings is 2. The van der Waals surface area contributed by atoms with Crippen LogP contribution in [0, 0.1) is 6.92 Å². The molecule has 0 radical (unpaired) electrons. The van der Waals surface area contributed by atoms with E-state index in [9.17, 15) is 8.42 Å². The number of sulfone groups is 1. The van der Waals surface area contributed by atoms with Gasteiger partial charge >= 0.3 is 0 Å². The zero-order valence-electron chi connectivity index (χ0n) is 16.9. The van der Waals surface area contributed by atoms with Gasteiger partial charge in [-0.3, -0.25) is 0 Å². The summed E-state index contributed by atoms with van der Waals surface area (Å²) in [6.07, 6.45) is 1.17. The highest BCUT2D eigenvalue weighted by molar-refractivity contribution is 7.90. The number of nitrogens with zero attached hydrogens (tertiary/aromatic N) is 1. The summed E-state index contributed by atoms with van der Waals surface area (Å²) in [5, 5.41) is 6.49. The first-order valence-electron chi connectivity index (χ1n) is 9.33. The quantitative estimate of drug-likeness (QED) is 0.523. The average molecular weight is 404 g/mol. The van der Waals surface area contributed by atoms with Gasteiger partial charge in [-0.1, -0.05) is 30.3 Å². The van der Waals surface area contributed by atoms with Crippen LogP contribution in [-0.4, -0.2) is 39.8 Å². The Bertz CT molecular complexity index is 893. The van der Waals surface area contributed by atoms with Crippen LogP contribution in [0.25, 0.3) is 0 Å². The summed E-state index contributed by atoms with van der Waals surface area (Å²) < 4.78 is 29.1. The normalized spacial score (nSPS) is 13.1. The Morgan fingerprint density at radius 3 is 2.39 bits per heavy atom. The minimum Gasteiger partial charge on any atom is -0.489 e. The van der Waals surface area contributed by atoms with Crippen LogP contribution in [0.2, 0.25) is 0 Å². The summed E-state index contributed by atoms with van der Waals surface area (Å²) in [6, 6.07) is 14.7. The number of aliphatic imine (C=N–C) groups is 1. The van der Waals surface area contributed by atoms with Gasteiger partial charge in [0.25, 0.3) is 0 Å². The van der Waals surface area contributed by atoms with Gasteiger partial charge in [-0.15, -0.1) is 0 Å². The van der Waals surface area contributed by atoms with Crippen LogP contribution in [-0.2, 0) is 16.4 Å². The van der Waals surface area contributed by atoms with Crippen LogP contribution in [0.4, 0.5) is 0 Å². The molecular weight excluding hydrogens is 374 g/mol. The third-order valence-corrected chi connectivity index (χ3v) is 5.22. The molecule has 6 nitrogen and oxygen atoms in total. The molecule has 2 aromatic rings. The number of aryl methyl sites for hydroxylation is 1. The van der Waals surface area contributed by atoms with Crippen molar-refractivity contribution in [3.8, 4) is 5.75 Å². The van der Waals surface area contributed by atoms with E-state index in [0.29, 0.717) is 23.9 Å². The first kappa shape index (κ1) is 21.8. The zero-order chi connectivity index (χ0) is 20.6. The standard InChI is InChI=1S/C21H29N3O3S/c1-5-22-21(23-14-17(3)27-20-9-7-6-8-16(20)2)24-15-18-10-12-19(13-11-18)28(4,25)26/h6-13,17H,5,14-15H2,1-4H3,(H2,22,23,24). The van der Waals surface area contributed by atoms with E-state index >= 15 is 0 Å². The lowest BCUT2D eigenvalue weighted by Crippen LogP contribution is -2.41. The number of hydrogen-bond acceptors (Lipinski definition) is 4. The van der Waals surface area contributed by atoms with Crippen molar-refractivity contribution in [3.63, 3.8) is 0 Å². The van der Waals surface area contributed by atoms with Gasteiger partial charge in [0, 0.05) is 12.8 Å². The third-order valence-electron chi connectivity index (χ3n) is 4.09. The monoisotopic (exact) mass is 403 g/mol. The highest BCUT2D eigenvalue weighted by atomic mass is 32.2. The van der Waals surface area contributed by atoms with Crippen molar-refractivity contribution in [2.75, 3.05) is 19.3 Å². The lowest BCUT2D eigenvalue weighted by atomic mass is 10.2. The van der Waals surface area contributed by atoms with Crippen LogP contribution in [0.1, 0.15) is 25.0 Å². The number of ether oxygens (including phenoxy) is 1. The SMILES string of the molecule is CCNC(=NCc1ccc(S(C)(=O)=O)cc1)NCC(C)Oc1ccccc1C. The molecule has 0 fully saturated rings. The molecule has 0 aliphatic heterocycles. The van der Waals surface area contributed by atoms with Crippen LogP contribution in [0.5, 0.6) is 5.75 Å². The maximum Gasteiger partial charge on any atom is 0.191 e. The molecule has 0 spiro atoms. The molecule has 2 aromatic carbocycles. The molecule has 0 saturated heterocycles. The van der Waals surface area contributed by atoms with Crippen molar-refractivity contribution < 1.29 is 13.2 Å². The highest BCUT2D eigenvalue weighted by Gasteiger charge is 2.08. The molecule has 1 unspecified atom stereocenters. The predicted octanol–water partition coefficient (Wildman–Crippen LogP) is 2.92. The summed E-state index contributed by atoms with van der Waals surface area (Å²) >= 11 is 0. The number of para-hydroxylation sites is 1. The van der Waals surface area contributed by atoms with Crippen LogP contribution in [0.15, 0.2) is 58.4 Å². The highest BCUT2D eigenvalue weighted by Crippen LogP contribution is 2.17. The van der Waals surface area contributed by atoms with E-state index in [0.717, 1.165) is 23.4 Å². The molecule has 0 aliphatic carbocycles. The van der Waals surface area contributed by atoms with Gasteiger partial charge in [0.1, 0.15) is 11.9 Å². The topological polar surface area (TPSA) is 79.8 Å². The predicted molar refractivity (Wildman–Crippen MR) is 114 cm³/mol. The second kappa shape index (κ2) is 10.1. The summed E-state index contributed by atoms with van der Waals surface area (Å²) in [6.45, 7) is 7.83. The van der Waals surface area contributed by atoms with Crippen molar-refractivity contribution in [2.24, 2.45) is 4.99 Å². The van der Waals surface area contributed by atoms with Gasteiger partial charge in [-0.05, 0) is 50.1 Å². The van der Waals surface area contributed by atoms with Crippen LogP contribution >= 0.6 is 0 Å². The van der Waals surface area contributed by atoms with Crippen molar-refractivity contribution in [2.45, 2.75) is 38.3 Å². The van der Waals surface area contributed by atoms with Gasteiger partial charge in [-0.2, -0.15) is 0 Å². The van der Waals surface area contributed by atoms with Crippen molar-refractivity contribution >= 4 is 15.8 Å². The van der Waals surface area contributed by atoms with E-state index in [4.69, 9.17) is 4.74 Å². The second-order valence-corrected chi connectivity index (χ2v) is 8.70. The molecule has 0 aromatic heterocycles. The third kappa shape index (κ3) is 6.88.